The number of benzene rings is 1. The Kier molecular flexibility index (Phi) is 4.47. The Morgan fingerprint density at radius 3 is 2.80 bits per heavy atom. The van der Waals surface area contributed by atoms with Crippen LogP contribution in [0, 0.1) is 12.7 Å². The van der Waals surface area contributed by atoms with Crippen LogP contribution in [0.4, 0.5) is 10.2 Å². The van der Waals surface area contributed by atoms with Crippen molar-refractivity contribution in [3.05, 3.63) is 53.3 Å². The number of nitrogens with zero attached hydrogens (tertiary/aromatic N) is 3. The smallest absolute Gasteiger partial charge is 0.291 e. The van der Waals surface area contributed by atoms with E-state index < -0.39 is 0 Å². The molecule has 1 aliphatic heterocycles. The Balaban J connectivity index is 1.43. The van der Waals surface area contributed by atoms with E-state index in [0.717, 1.165) is 29.6 Å². The van der Waals surface area contributed by atoms with E-state index in [2.05, 4.69) is 27.5 Å². The predicted molar refractivity (Wildman–Crippen MR) is 111 cm³/mol. The van der Waals surface area contributed by atoms with Crippen LogP contribution < -0.4 is 10.6 Å². The number of hydrogen-bond acceptors (Lipinski definition) is 6. The highest BCUT2D eigenvalue weighted by molar-refractivity contribution is 5.95. The largest absolute Gasteiger partial charge is 0.443 e. The van der Waals surface area contributed by atoms with E-state index in [1.165, 1.54) is 12.1 Å². The van der Waals surface area contributed by atoms with Gasteiger partial charge in [-0.1, -0.05) is 12.1 Å². The number of nitrogens with one attached hydrogen (secondary N) is 2. The van der Waals surface area contributed by atoms with Crippen LogP contribution in [-0.2, 0) is 0 Å². The highest BCUT2D eigenvalue weighted by Crippen LogP contribution is 2.39. The first-order chi connectivity index (χ1) is 14.4. The minimum Gasteiger partial charge on any atom is -0.443 e. The van der Waals surface area contributed by atoms with Crippen molar-refractivity contribution in [3.8, 4) is 0 Å². The number of fused-ring (bicyclic) bond motifs is 1. The van der Waals surface area contributed by atoms with Gasteiger partial charge in [-0.05, 0) is 50.5 Å². The van der Waals surface area contributed by atoms with Crippen molar-refractivity contribution in [2.45, 2.75) is 38.3 Å². The summed E-state index contributed by atoms with van der Waals surface area (Å²) in [7, 11) is 0. The summed E-state index contributed by atoms with van der Waals surface area (Å²) in [5.74, 6) is 0.992. The number of hydrogen-bond donors (Lipinski definition) is 2. The van der Waals surface area contributed by atoms with Gasteiger partial charge in [0, 0.05) is 31.2 Å². The molecular weight excluding hydrogens is 385 g/mol. The number of aromatic nitrogens is 2. The molecule has 1 aromatic carbocycles. The van der Waals surface area contributed by atoms with Crippen molar-refractivity contribution in [1.82, 2.24) is 20.2 Å². The van der Waals surface area contributed by atoms with Gasteiger partial charge in [0.25, 0.3) is 5.91 Å². The summed E-state index contributed by atoms with van der Waals surface area (Å²) in [6.45, 7) is 5.65. The molecule has 2 aromatic heterocycles. The van der Waals surface area contributed by atoms with Gasteiger partial charge in [-0.15, -0.1) is 0 Å². The Bertz CT molecular complexity index is 1110. The molecule has 5 rings (SSSR count). The van der Waals surface area contributed by atoms with E-state index in [1.54, 1.807) is 17.0 Å². The molecule has 156 valence electrons. The molecule has 7 nitrogen and oxygen atoms in total. The van der Waals surface area contributed by atoms with Crippen LogP contribution in [0.3, 0.4) is 0 Å². The zero-order valence-electron chi connectivity index (χ0n) is 17.0. The first kappa shape index (κ1) is 19.0. The predicted octanol–water partition coefficient (Wildman–Crippen LogP) is 3.42. The van der Waals surface area contributed by atoms with Gasteiger partial charge in [0.15, 0.2) is 0 Å². The fourth-order valence-electron chi connectivity index (χ4n) is 3.83. The van der Waals surface area contributed by atoms with E-state index in [-0.39, 0.29) is 29.1 Å². The Morgan fingerprint density at radius 2 is 2.07 bits per heavy atom. The highest BCUT2D eigenvalue weighted by atomic mass is 19.1. The summed E-state index contributed by atoms with van der Waals surface area (Å²) in [4.78, 5) is 24.0. The molecule has 8 heteroatoms. The molecule has 2 N–H and O–H groups in total. The number of carbonyl (C=O) groups is 1. The van der Waals surface area contributed by atoms with Crippen molar-refractivity contribution in [3.63, 3.8) is 0 Å². The highest BCUT2D eigenvalue weighted by Gasteiger charge is 2.38. The zero-order chi connectivity index (χ0) is 20.9. The number of aryl methyl sites for hydroxylation is 1. The monoisotopic (exact) mass is 409 g/mol. The van der Waals surface area contributed by atoms with Gasteiger partial charge in [-0.2, -0.15) is 4.98 Å². The molecule has 1 unspecified atom stereocenters. The van der Waals surface area contributed by atoms with Crippen LogP contribution >= 0.6 is 0 Å². The van der Waals surface area contributed by atoms with Gasteiger partial charge < -0.3 is 20.0 Å². The second-order valence-corrected chi connectivity index (χ2v) is 8.47. The molecule has 2 aliphatic rings. The first-order valence-corrected chi connectivity index (χ1v) is 10.2. The molecule has 1 amide bonds. The maximum Gasteiger partial charge on any atom is 0.291 e. The van der Waals surface area contributed by atoms with E-state index in [4.69, 9.17) is 4.42 Å². The minimum absolute atomic E-state index is 0.00942. The normalized spacial score (nSPS) is 20.4. The van der Waals surface area contributed by atoms with Crippen molar-refractivity contribution in [2.24, 2.45) is 0 Å². The maximum absolute atomic E-state index is 13.3. The third kappa shape index (κ3) is 3.63. The first-order valence-electron chi connectivity index (χ1n) is 10.2. The molecule has 3 aromatic rings. The lowest BCUT2D eigenvalue weighted by Gasteiger charge is -2.33. The number of rotatable bonds is 4. The summed E-state index contributed by atoms with van der Waals surface area (Å²) in [6, 6.07) is 8.18. The van der Waals surface area contributed by atoms with Crippen LogP contribution in [0.15, 0.2) is 34.7 Å². The molecule has 1 atom stereocenters. The quantitative estimate of drug-likeness (QED) is 0.687. The van der Waals surface area contributed by atoms with E-state index in [1.807, 2.05) is 13.0 Å². The van der Waals surface area contributed by atoms with Crippen LogP contribution in [-0.4, -0.2) is 45.9 Å². The Morgan fingerprint density at radius 1 is 1.30 bits per heavy atom. The Labute approximate surface area is 173 Å². The Hall–Kier alpha value is -3.00. The summed E-state index contributed by atoms with van der Waals surface area (Å²) in [5, 5.41) is 7.64. The van der Waals surface area contributed by atoms with Crippen molar-refractivity contribution < 1.29 is 13.6 Å². The third-order valence-corrected chi connectivity index (χ3v) is 5.86. The third-order valence-electron chi connectivity index (χ3n) is 5.86. The number of amides is 1. The summed E-state index contributed by atoms with van der Waals surface area (Å²) in [5.41, 5.74) is 1.37. The molecule has 3 heterocycles. The van der Waals surface area contributed by atoms with Gasteiger partial charge in [0.1, 0.15) is 17.4 Å². The average Bonchev–Trinajstić information content (AvgIpc) is 3.33. The van der Waals surface area contributed by atoms with E-state index in [9.17, 15) is 9.18 Å². The molecule has 1 saturated carbocycles. The van der Waals surface area contributed by atoms with Crippen LogP contribution in [0.25, 0.3) is 11.1 Å². The SMILES string of the molecule is Cc1cc2c(NC3(C)CC3)nc(C(=O)N3CCNC(c4ccc(F)cc4)C3)nc2o1. The van der Waals surface area contributed by atoms with E-state index in [0.29, 0.717) is 31.2 Å². The van der Waals surface area contributed by atoms with Gasteiger partial charge in [-0.3, -0.25) is 4.79 Å². The van der Waals surface area contributed by atoms with Crippen molar-refractivity contribution >= 4 is 22.8 Å². The fourth-order valence-corrected chi connectivity index (χ4v) is 3.83. The molecule has 30 heavy (non-hydrogen) atoms. The number of anilines is 1. The van der Waals surface area contributed by atoms with Crippen molar-refractivity contribution in [2.75, 3.05) is 25.0 Å². The molecular formula is C22H24FN5O2. The minimum atomic E-state index is -0.276. The van der Waals surface area contributed by atoms with Crippen LogP contribution in [0.2, 0.25) is 0 Å². The number of furan rings is 1. The maximum atomic E-state index is 13.3. The molecule has 0 bridgehead atoms. The second kappa shape index (κ2) is 7.05. The van der Waals surface area contributed by atoms with Crippen LogP contribution in [0.5, 0.6) is 0 Å². The van der Waals surface area contributed by atoms with Gasteiger partial charge in [0.2, 0.25) is 11.5 Å². The number of halogens is 1. The average molecular weight is 409 g/mol. The molecule has 1 saturated heterocycles. The molecule has 0 spiro atoms. The molecule has 1 aliphatic carbocycles. The van der Waals surface area contributed by atoms with Gasteiger partial charge in [-0.25, -0.2) is 9.37 Å². The topological polar surface area (TPSA) is 83.3 Å². The fraction of sp³-hybridized carbons (Fsp3) is 0.409. The summed E-state index contributed by atoms with van der Waals surface area (Å²) < 4.78 is 19.0. The molecule has 2 fully saturated rings. The van der Waals surface area contributed by atoms with Crippen LogP contribution in [0.1, 0.15) is 47.7 Å². The van der Waals surface area contributed by atoms with E-state index >= 15 is 0 Å². The summed E-state index contributed by atoms with van der Waals surface area (Å²) >= 11 is 0. The molecule has 0 radical (unpaired) electrons. The summed E-state index contributed by atoms with van der Waals surface area (Å²) in [6.07, 6.45) is 2.13. The lowest BCUT2D eigenvalue weighted by Crippen LogP contribution is -2.48. The number of piperazine rings is 1. The standard InChI is InChI=1S/C22H24FN5O2/c1-13-11-16-18(27-22(2)7-8-22)25-19(26-20(16)30-13)21(29)28-10-9-24-17(12-28)14-3-5-15(23)6-4-14/h3-6,11,17,24H,7-10,12H2,1-2H3,(H,25,26,27). The number of carbonyl (C=O) groups excluding carboxylic acids is 1. The lowest BCUT2D eigenvalue weighted by molar-refractivity contribution is 0.0690. The lowest BCUT2D eigenvalue weighted by atomic mass is 10.0. The van der Waals surface area contributed by atoms with Gasteiger partial charge in [0.05, 0.1) is 5.39 Å². The zero-order valence-corrected chi connectivity index (χ0v) is 17.0. The van der Waals surface area contributed by atoms with Crippen molar-refractivity contribution in [1.29, 1.82) is 0 Å². The second-order valence-electron chi connectivity index (χ2n) is 8.47. The van der Waals surface area contributed by atoms with Gasteiger partial charge >= 0.3 is 0 Å².